The zero-order valence-corrected chi connectivity index (χ0v) is 19.7. The van der Waals surface area contributed by atoms with Crippen LogP contribution in [-0.4, -0.2) is 46.1 Å². The Morgan fingerprint density at radius 1 is 1.24 bits per heavy atom. The minimum atomic E-state index is -2.39. The van der Waals surface area contributed by atoms with E-state index in [0.717, 1.165) is 11.1 Å². The Bertz CT molecular complexity index is 1130. The van der Waals surface area contributed by atoms with Crippen LogP contribution in [0, 0.1) is 17.8 Å². The highest BCUT2D eigenvalue weighted by Gasteiger charge is 2.63. The third-order valence-corrected chi connectivity index (χ3v) is 7.65. The van der Waals surface area contributed by atoms with Crippen LogP contribution < -0.4 is 0 Å². The first-order chi connectivity index (χ1) is 15.4. The van der Waals surface area contributed by atoms with Gasteiger partial charge in [-0.3, -0.25) is 19.2 Å². The maximum atomic E-state index is 13.7. The van der Waals surface area contributed by atoms with Crippen molar-refractivity contribution in [1.29, 1.82) is 0 Å². The molecule has 1 aromatic rings. The van der Waals surface area contributed by atoms with E-state index < -0.39 is 40.6 Å². The van der Waals surface area contributed by atoms with Crippen molar-refractivity contribution in [2.24, 2.45) is 17.8 Å². The number of carbonyl (C=O) groups excluding carboxylic acids is 4. The summed E-state index contributed by atoms with van der Waals surface area (Å²) >= 11 is 0. The van der Waals surface area contributed by atoms with E-state index in [-0.39, 0.29) is 41.7 Å². The van der Waals surface area contributed by atoms with E-state index >= 15 is 0 Å². The minimum Gasteiger partial charge on any atom is -0.507 e. The van der Waals surface area contributed by atoms with E-state index in [2.05, 4.69) is 0 Å². The van der Waals surface area contributed by atoms with Crippen LogP contribution in [0.5, 0.6) is 5.75 Å². The Hall–Kier alpha value is -2.64. The van der Waals surface area contributed by atoms with Gasteiger partial charge < -0.3 is 14.9 Å². The fraction of sp³-hybridized carbons (Fsp3) is 0.538. The molecule has 0 saturated heterocycles. The van der Waals surface area contributed by atoms with Crippen LogP contribution in [0.3, 0.4) is 0 Å². The average Bonchev–Trinajstić information content (AvgIpc) is 2.72. The molecule has 0 aliphatic heterocycles. The SMILES string of the molecule is COCc1cc(C(C)C)c2c(c1O)C(=O)C1C(=O)[C@]3(O)C(=O)C(C(C)=O)=C(C)C[C@@H]3C[C@@H]1C2. The van der Waals surface area contributed by atoms with Gasteiger partial charge in [0.05, 0.1) is 23.7 Å². The smallest absolute Gasteiger partial charge is 0.205 e. The van der Waals surface area contributed by atoms with E-state index in [1.807, 2.05) is 19.9 Å². The first-order valence-corrected chi connectivity index (χ1v) is 11.4. The lowest BCUT2D eigenvalue weighted by molar-refractivity contribution is -0.165. The van der Waals surface area contributed by atoms with Gasteiger partial charge in [0, 0.05) is 18.6 Å². The molecule has 0 amide bonds. The number of fused-ring (bicyclic) bond motifs is 3. The standard InChI is InChI=1S/C26H30O7/c1-11(2)17-9-15(10-33-5)22(28)21-18(17)8-14-7-16-6-12(3)19(13(4)27)24(30)26(16,32)25(31)20(14)23(21)29/h9,11,14,16,20,28,32H,6-8,10H2,1-5H3/t14-,16-,20?,26-/m1/s1. The maximum Gasteiger partial charge on any atom is 0.205 e. The van der Waals surface area contributed by atoms with Gasteiger partial charge in [-0.25, -0.2) is 0 Å². The van der Waals surface area contributed by atoms with Crippen molar-refractivity contribution in [2.45, 2.75) is 65.1 Å². The van der Waals surface area contributed by atoms with E-state index in [9.17, 15) is 29.4 Å². The number of ketones is 4. The third kappa shape index (κ3) is 3.24. The van der Waals surface area contributed by atoms with Gasteiger partial charge in [-0.1, -0.05) is 19.4 Å². The quantitative estimate of drug-likeness (QED) is 0.530. The molecule has 7 heteroatoms. The number of hydrogen-bond donors (Lipinski definition) is 2. The molecule has 33 heavy (non-hydrogen) atoms. The van der Waals surface area contributed by atoms with Crippen LogP contribution in [0.4, 0.5) is 0 Å². The van der Waals surface area contributed by atoms with Crippen molar-refractivity contribution in [2.75, 3.05) is 7.11 Å². The summed E-state index contributed by atoms with van der Waals surface area (Å²) in [6, 6.07) is 1.85. The number of ether oxygens (including phenoxy) is 1. The summed E-state index contributed by atoms with van der Waals surface area (Å²) in [6.07, 6.45) is 0.960. The van der Waals surface area contributed by atoms with Crippen molar-refractivity contribution >= 4 is 23.1 Å². The summed E-state index contributed by atoms with van der Waals surface area (Å²) in [5, 5.41) is 22.3. The number of Topliss-reactive ketones (excluding diaryl/α,β-unsaturated/α-hetero) is 4. The highest BCUT2D eigenvalue weighted by Crippen LogP contribution is 2.51. The number of carbonyl (C=O) groups is 4. The number of hydrogen-bond acceptors (Lipinski definition) is 7. The first kappa shape index (κ1) is 23.5. The molecule has 7 nitrogen and oxygen atoms in total. The minimum absolute atomic E-state index is 0.0788. The lowest BCUT2D eigenvalue weighted by atomic mass is 9.54. The zero-order chi connectivity index (χ0) is 24.4. The van der Waals surface area contributed by atoms with Gasteiger partial charge in [0.2, 0.25) is 5.78 Å². The Labute approximate surface area is 192 Å². The number of rotatable bonds is 4. The summed E-state index contributed by atoms with van der Waals surface area (Å²) in [6.45, 7) is 7.02. The molecule has 1 fully saturated rings. The average molecular weight is 455 g/mol. The van der Waals surface area contributed by atoms with Crippen LogP contribution >= 0.6 is 0 Å². The van der Waals surface area contributed by atoms with Crippen LogP contribution in [0.1, 0.15) is 73.5 Å². The predicted octanol–water partition coefficient (Wildman–Crippen LogP) is 2.83. The van der Waals surface area contributed by atoms with Gasteiger partial charge >= 0.3 is 0 Å². The lowest BCUT2D eigenvalue weighted by Crippen LogP contribution is -2.64. The number of phenols is 1. The van der Waals surface area contributed by atoms with Crippen molar-refractivity contribution in [3.63, 3.8) is 0 Å². The molecular weight excluding hydrogens is 424 g/mol. The molecule has 2 N–H and O–H groups in total. The summed E-state index contributed by atoms with van der Waals surface area (Å²) in [4.78, 5) is 52.6. The van der Waals surface area contributed by atoms with Crippen LogP contribution in [0.15, 0.2) is 17.2 Å². The second-order valence-electron chi connectivity index (χ2n) is 10.0. The van der Waals surface area contributed by atoms with Crippen LogP contribution in [0.25, 0.3) is 0 Å². The Balaban J connectivity index is 1.86. The molecule has 1 unspecified atom stereocenters. The molecule has 0 heterocycles. The predicted molar refractivity (Wildman–Crippen MR) is 119 cm³/mol. The topological polar surface area (TPSA) is 118 Å². The second kappa shape index (κ2) is 7.99. The first-order valence-electron chi connectivity index (χ1n) is 11.4. The van der Waals surface area contributed by atoms with Gasteiger partial charge in [-0.2, -0.15) is 0 Å². The maximum absolute atomic E-state index is 13.7. The number of aromatic hydroxyl groups is 1. The summed E-state index contributed by atoms with van der Waals surface area (Å²) in [7, 11) is 1.49. The highest BCUT2D eigenvalue weighted by molar-refractivity contribution is 6.32. The molecule has 0 bridgehead atoms. The Kier molecular flexibility index (Phi) is 5.69. The van der Waals surface area contributed by atoms with Crippen molar-refractivity contribution in [3.05, 3.63) is 39.5 Å². The number of aliphatic hydroxyl groups is 1. The monoisotopic (exact) mass is 454 g/mol. The van der Waals surface area contributed by atoms with E-state index in [4.69, 9.17) is 4.74 Å². The number of phenolic OH excluding ortho intramolecular Hbond substituents is 1. The van der Waals surface area contributed by atoms with Gasteiger partial charge in [0.1, 0.15) is 5.75 Å². The van der Waals surface area contributed by atoms with Gasteiger partial charge in [-0.05, 0) is 62.1 Å². The number of methoxy groups -OCH3 is 1. The van der Waals surface area contributed by atoms with Crippen LogP contribution in [0.2, 0.25) is 0 Å². The van der Waals surface area contributed by atoms with Gasteiger partial charge in [0.25, 0.3) is 0 Å². The second-order valence-corrected chi connectivity index (χ2v) is 10.0. The van der Waals surface area contributed by atoms with Crippen LogP contribution in [-0.2, 0) is 32.1 Å². The van der Waals surface area contributed by atoms with E-state index in [1.54, 1.807) is 6.92 Å². The fourth-order valence-electron chi connectivity index (χ4n) is 6.18. The molecule has 3 aliphatic rings. The number of allylic oxidation sites excluding steroid dienone is 1. The summed E-state index contributed by atoms with van der Waals surface area (Å²) < 4.78 is 5.18. The molecular formula is C26H30O7. The largest absolute Gasteiger partial charge is 0.507 e. The molecule has 176 valence electrons. The van der Waals surface area contributed by atoms with Crippen molar-refractivity contribution in [1.82, 2.24) is 0 Å². The van der Waals surface area contributed by atoms with E-state index in [1.165, 1.54) is 14.0 Å². The van der Waals surface area contributed by atoms with Crippen molar-refractivity contribution < 1.29 is 34.1 Å². The molecule has 0 radical (unpaired) electrons. The number of benzene rings is 1. The van der Waals surface area contributed by atoms with Gasteiger partial charge in [0.15, 0.2) is 23.0 Å². The Morgan fingerprint density at radius 2 is 1.91 bits per heavy atom. The molecule has 4 atom stereocenters. The molecule has 3 aliphatic carbocycles. The normalized spacial score (nSPS) is 29.2. The Morgan fingerprint density at radius 3 is 2.48 bits per heavy atom. The summed E-state index contributed by atoms with van der Waals surface area (Å²) in [5.41, 5.74) is 0.229. The molecule has 0 spiro atoms. The molecule has 1 aromatic carbocycles. The molecule has 0 aromatic heterocycles. The molecule has 1 saturated carbocycles. The lowest BCUT2D eigenvalue weighted by Gasteiger charge is -2.48. The molecule has 4 rings (SSSR count). The van der Waals surface area contributed by atoms with E-state index in [0.29, 0.717) is 24.0 Å². The van der Waals surface area contributed by atoms with Gasteiger partial charge in [-0.15, -0.1) is 0 Å². The third-order valence-electron chi connectivity index (χ3n) is 7.65. The zero-order valence-electron chi connectivity index (χ0n) is 19.7. The highest BCUT2D eigenvalue weighted by atomic mass is 16.5. The fourth-order valence-corrected chi connectivity index (χ4v) is 6.18. The summed E-state index contributed by atoms with van der Waals surface area (Å²) in [5.74, 6) is -5.25. The van der Waals surface area contributed by atoms with Crippen molar-refractivity contribution in [3.8, 4) is 5.75 Å².